The first-order chi connectivity index (χ1) is 8.83. The lowest BCUT2D eigenvalue weighted by Gasteiger charge is -2.00. The third-order valence-electron chi connectivity index (χ3n) is 2.53. The van der Waals surface area contributed by atoms with Crippen LogP contribution in [0.15, 0.2) is 53.8 Å². The summed E-state index contributed by atoms with van der Waals surface area (Å²) in [5, 5.41) is 4.83. The fourth-order valence-electron chi connectivity index (χ4n) is 1.67. The number of hydrogen-bond acceptors (Lipinski definition) is 3. The van der Waals surface area contributed by atoms with E-state index in [9.17, 15) is 0 Å². The molecule has 0 atom stereocenters. The van der Waals surface area contributed by atoms with Gasteiger partial charge in [0.1, 0.15) is 0 Å². The molecular formula is C13H10ClN3S. The maximum absolute atomic E-state index is 5.87. The van der Waals surface area contributed by atoms with Crippen LogP contribution in [-0.2, 0) is 5.75 Å². The van der Waals surface area contributed by atoms with Crippen molar-refractivity contribution in [3.63, 3.8) is 0 Å². The molecule has 5 heteroatoms. The van der Waals surface area contributed by atoms with E-state index in [0.29, 0.717) is 5.02 Å². The van der Waals surface area contributed by atoms with Crippen LogP contribution in [0.5, 0.6) is 0 Å². The number of rotatable bonds is 3. The van der Waals surface area contributed by atoms with Crippen LogP contribution in [0.2, 0.25) is 5.02 Å². The van der Waals surface area contributed by atoms with Crippen LogP contribution in [0.3, 0.4) is 0 Å². The second-order valence-electron chi connectivity index (χ2n) is 3.82. The van der Waals surface area contributed by atoms with Gasteiger partial charge in [-0.3, -0.25) is 0 Å². The van der Waals surface area contributed by atoms with Crippen molar-refractivity contribution in [2.24, 2.45) is 0 Å². The minimum absolute atomic E-state index is 0.588. The van der Waals surface area contributed by atoms with Crippen molar-refractivity contribution in [2.75, 3.05) is 0 Å². The molecule has 0 spiro atoms. The summed E-state index contributed by atoms with van der Waals surface area (Å²) in [5.74, 6) is 0.909. The molecule has 2 aromatic heterocycles. The molecule has 3 nitrogen and oxygen atoms in total. The molecule has 0 saturated carbocycles. The molecule has 0 aliphatic rings. The van der Waals surface area contributed by atoms with Gasteiger partial charge in [-0.2, -0.15) is 5.10 Å². The van der Waals surface area contributed by atoms with Crippen LogP contribution in [0.1, 0.15) is 5.56 Å². The van der Waals surface area contributed by atoms with Gasteiger partial charge in [-0.15, -0.1) is 11.8 Å². The maximum atomic E-state index is 5.87. The topological polar surface area (TPSA) is 30.2 Å². The molecule has 0 radical (unpaired) electrons. The lowest BCUT2D eigenvalue weighted by atomic mass is 10.2. The number of fused-ring (bicyclic) bond motifs is 1. The molecule has 0 fully saturated rings. The van der Waals surface area contributed by atoms with Gasteiger partial charge in [0.2, 0.25) is 0 Å². The third kappa shape index (κ3) is 2.35. The Labute approximate surface area is 114 Å². The predicted molar refractivity (Wildman–Crippen MR) is 74.0 cm³/mol. The number of halogens is 1. The van der Waals surface area contributed by atoms with E-state index >= 15 is 0 Å². The van der Waals surface area contributed by atoms with Crippen LogP contribution in [0.25, 0.3) is 5.65 Å². The lowest BCUT2D eigenvalue weighted by molar-refractivity contribution is 0.939. The number of thioether (sulfide) groups is 1. The number of benzene rings is 1. The van der Waals surface area contributed by atoms with E-state index in [0.717, 1.165) is 16.3 Å². The van der Waals surface area contributed by atoms with Gasteiger partial charge in [0.15, 0.2) is 5.65 Å². The van der Waals surface area contributed by atoms with Crippen LogP contribution in [0.4, 0.5) is 0 Å². The molecule has 3 aromatic rings. The lowest BCUT2D eigenvalue weighted by Crippen LogP contribution is -1.88. The minimum Gasteiger partial charge on any atom is -0.234 e. The van der Waals surface area contributed by atoms with Gasteiger partial charge in [-0.1, -0.05) is 41.9 Å². The Bertz CT molecular complexity index is 666. The largest absolute Gasteiger partial charge is 0.234 e. The first kappa shape index (κ1) is 11.6. The van der Waals surface area contributed by atoms with Gasteiger partial charge >= 0.3 is 0 Å². The summed E-state index contributed by atoms with van der Waals surface area (Å²) in [5.41, 5.74) is 2.14. The number of hydrogen-bond donors (Lipinski definition) is 0. The molecule has 0 amide bonds. The Kier molecular flexibility index (Phi) is 3.21. The maximum Gasteiger partial charge on any atom is 0.168 e. The molecule has 1 aromatic carbocycles. The second-order valence-corrected chi connectivity index (χ2v) is 5.28. The van der Waals surface area contributed by atoms with E-state index in [1.807, 2.05) is 24.4 Å². The monoisotopic (exact) mass is 275 g/mol. The Balaban J connectivity index is 1.83. The van der Waals surface area contributed by atoms with E-state index in [1.165, 1.54) is 5.56 Å². The van der Waals surface area contributed by atoms with Gasteiger partial charge in [-0.05, 0) is 5.56 Å². The van der Waals surface area contributed by atoms with E-state index in [2.05, 4.69) is 22.2 Å². The summed E-state index contributed by atoms with van der Waals surface area (Å²) in [6.45, 7) is 0. The molecule has 0 aliphatic heterocycles. The Morgan fingerprint density at radius 2 is 2.00 bits per heavy atom. The zero-order valence-corrected chi connectivity index (χ0v) is 11.0. The molecule has 2 heterocycles. The second kappa shape index (κ2) is 5.00. The Morgan fingerprint density at radius 1 is 1.17 bits per heavy atom. The fourth-order valence-corrected chi connectivity index (χ4v) is 2.72. The molecule has 0 unspecified atom stereocenters. The van der Waals surface area contributed by atoms with Crippen molar-refractivity contribution in [1.29, 1.82) is 0 Å². The Morgan fingerprint density at radius 3 is 2.83 bits per heavy atom. The molecule has 0 saturated heterocycles. The van der Waals surface area contributed by atoms with Gasteiger partial charge in [0.05, 0.1) is 22.3 Å². The molecule has 0 aliphatic carbocycles. The quantitative estimate of drug-likeness (QED) is 0.683. The standard InChI is InChI=1S/C13H10ClN3S/c14-11-6-15-13-12(7-16-17(13)8-11)18-9-10-4-2-1-3-5-10/h1-8H,9H2. The van der Waals surface area contributed by atoms with Gasteiger partial charge in [-0.25, -0.2) is 9.50 Å². The average Bonchev–Trinajstić information content (AvgIpc) is 2.80. The zero-order valence-electron chi connectivity index (χ0n) is 9.45. The van der Waals surface area contributed by atoms with Gasteiger partial charge in [0, 0.05) is 11.9 Å². The summed E-state index contributed by atoms with van der Waals surface area (Å²) in [4.78, 5) is 5.37. The van der Waals surface area contributed by atoms with E-state index in [-0.39, 0.29) is 0 Å². The first-order valence-corrected chi connectivity index (χ1v) is 6.85. The molecule has 0 bridgehead atoms. The van der Waals surface area contributed by atoms with Crippen molar-refractivity contribution in [1.82, 2.24) is 14.6 Å². The van der Waals surface area contributed by atoms with Crippen LogP contribution in [0, 0.1) is 0 Å². The highest BCUT2D eigenvalue weighted by atomic mass is 35.5. The molecule has 0 N–H and O–H groups in total. The van der Waals surface area contributed by atoms with Crippen molar-refractivity contribution < 1.29 is 0 Å². The van der Waals surface area contributed by atoms with E-state index in [4.69, 9.17) is 11.6 Å². The molecule has 3 rings (SSSR count). The number of nitrogens with zero attached hydrogens (tertiary/aromatic N) is 3. The summed E-state index contributed by atoms with van der Waals surface area (Å²) >= 11 is 7.60. The molecule has 18 heavy (non-hydrogen) atoms. The summed E-state index contributed by atoms with van der Waals surface area (Å²) in [6, 6.07) is 10.3. The highest BCUT2D eigenvalue weighted by Crippen LogP contribution is 2.26. The predicted octanol–water partition coefficient (Wildman–Crippen LogP) is 3.68. The average molecular weight is 276 g/mol. The molecule has 90 valence electrons. The molecular weight excluding hydrogens is 266 g/mol. The minimum atomic E-state index is 0.588. The van der Waals surface area contributed by atoms with Gasteiger partial charge < -0.3 is 0 Å². The first-order valence-electron chi connectivity index (χ1n) is 5.48. The summed E-state index contributed by atoms with van der Waals surface area (Å²) in [7, 11) is 0. The van der Waals surface area contributed by atoms with Crippen LogP contribution < -0.4 is 0 Å². The SMILES string of the molecule is Clc1cnc2c(SCc3ccccc3)cnn2c1. The van der Waals surface area contributed by atoms with E-state index in [1.54, 1.807) is 28.7 Å². The van der Waals surface area contributed by atoms with Gasteiger partial charge in [0.25, 0.3) is 0 Å². The summed E-state index contributed by atoms with van der Waals surface area (Å²) in [6.07, 6.45) is 5.23. The summed E-state index contributed by atoms with van der Waals surface area (Å²) < 4.78 is 1.70. The van der Waals surface area contributed by atoms with Crippen LogP contribution >= 0.6 is 23.4 Å². The Hall–Kier alpha value is -1.52. The van der Waals surface area contributed by atoms with Crippen molar-refractivity contribution in [3.05, 3.63) is 59.5 Å². The third-order valence-corrected chi connectivity index (χ3v) is 3.80. The zero-order chi connectivity index (χ0) is 12.4. The van der Waals surface area contributed by atoms with E-state index < -0.39 is 0 Å². The van der Waals surface area contributed by atoms with Crippen molar-refractivity contribution in [3.8, 4) is 0 Å². The highest BCUT2D eigenvalue weighted by molar-refractivity contribution is 7.98. The van der Waals surface area contributed by atoms with Crippen molar-refractivity contribution in [2.45, 2.75) is 10.6 Å². The van der Waals surface area contributed by atoms with Crippen molar-refractivity contribution >= 4 is 29.0 Å². The van der Waals surface area contributed by atoms with Crippen LogP contribution in [-0.4, -0.2) is 14.6 Å². The fraction of sp³-hybridized carbons (Fsp3) is 0.0769. The highest BCUT2D eigenvalue weighted by Gasteiger charge is 2.06. The normalized spacial score (nSPS) is 10.9. The number of aromatic nitrogens is 3. The smallest absolute Gasteiger partial charge is 0.168 e.